The molecule has 0 N–H and O–H groups in total. The second-order valence-electron chi connectivity index (χ2n) is 5.43. The Morgan fingerprint density at radius 2 is 1.90 bits per heavy atom. The van der Waals surface area contributed by atoms with Crippen LogP contribution in [0.2, 0.25) is 5.02 Å². The molecule has 1 aliphatic rings. The van der Waals surface area contributed by atoms with E-state index in [-0.39, 0.29) is 17.7 Å². The monoisotopic (exact) mass is 372 g/mol. The number of hydrogen-bond donors (Lipinski definition) is 0. The van der Waals surface area contributed by atoms with Crippen LogP contribution in [-0.2, 0) is 4.79 Å². The number of rotatable bonds is 2. The van der Waals surface area contributed by atoms with Gasteiger partial charge in [-0.2, -0.15) is 0 Å². The predicted molar refractivity (Wildman–Crippen MR) is 86.5 cm³/mol. The quantitative estimate of drug-likeness (QED) is 0.799. The number of carbonyl (C=O) groups excluding carboxylic acids is 2. The number of hydrogen-bond acceptors (Lipinski definition) is 2. The third-order valence-corrected chi connectivity index (χ3v) is 4.95. The molecule has 114 valence electrons. The summed E-state index contributed by atoms with van der Waals surface area (Å²) in [4.78, 5) is 27.8. The Labute approximate surface area is 138 Å². The minimum absolute atomic E-state index is 0.0110. The first kappa shape index (κ1) is 16.3. The lowest BCUT2D eigenvalue weighted by atomic mass is 9.95. The van der Waals surface area contributed by atoms with E-state index in [4.69, 9.17) is 11.6 Å². The zero-order valence-corrected chi connectivity index (χ0v) is 14.4. The van der Waals surface area contributed by atoms with Gasteiger partial charge in [-0.25, -0.2) is 0 Å². The maximum atomic E-state index is 12.4. The molecule has 0 unspecified atom stereocenters. The molecule has 1 aliphatic heterocycles. The van der Waals surface area contributed by atoms with Crippen LogP contribution >= 0.6 is 27.5 Å². The van der Waals surface area contributed by atoms with Gasteiger partial charge in [-0.15, -0.1) is 0 Å². The summed E-state index contributed by atoms with van der Waals surface area (Å²) in [6, 6.07) is 5.18. The van der Waals surface area contributed by atoms with Crippen molar-refractivity contribution in [3.05, 3.63) is 33.3 Å². The molecule has 21 heavy (non-hydrogen) atoms. The molecule has 2 rings (SSSR count). The molecule has 0 radical (unpaired) electrons. The summed E-state index contributed by atoms with van der Waals surface area (Å²) in [5.74, 6) is 0.167. The van der Waals surface area contributed by atoms with E-state index in [1.807, 2.05) is 0 Å². The van der Waals surface area contributed by atoms with Gasteiger partial charge in [0.1, 0.15) is 0 Å². The van der Waals surface area contributed by atoms with Crippen LogP contribution in [0, 0.1) is 5.92 Å². The third-order valence-electron chi connectivity index (χ3n) is 3.74. The summed E-state index contributed by atoms with van der Waals surface area (Å²) >= 11 is 9.27. The molecule has 6 heteroatoms. The Hall–Kier alpha value is -1.07. The summed E-state index contributed by atoms with van der Waals surface area (Å²) in [6.45, 7) is 1.23. The minimum Gasteiger partial charge on any atom is -0.349 e. The van der Waals surface area contributed by atoms with Gasteiger partial charge < -0.3 is 9.80 Å². The topological polar surface area (TPSA) is 40.6 Å². The number of carbonyl (C=O) groups is 2. The molecule has 0 atom stereocenters. The first-order valence-electron chi connectivity index (χ1n) is 6.85. The third kappa shape index (κ3) is 3.77. The molecular formula is C15H18BrClN2O2. The van der Waals surface area contributed by atoms with Crippen LogP contribution in [0.4, 0.5) is 0 Å². The summed E-state index contributed by atoms with van der Waals surface area (Å²) in [6.07, 6.45) is 1.44. The molecular weight excluding hydrogens is 356 g/mol. The minimum atomic E-state index is -0.0110. The first-order valence-corrected chi connectivity index (χ1v) is 8.02. The van der Waals surface area contributed by atoms with Crippen molar-refractivity contribution in [1.82, 2.24) is 9.80 Å². The maximum absolute atomic E-state index is 12.4. The molecule has 4 nitrogen and oxygen atoms in total. The van der Waals surface area contributed by atoms with E-state index in [2.05, 4.69) is 15.9 Å². The van der Waals surface area contributed by atoms with Crippen molar-refractivity contribution in [2.45, 2.75) is 12.8 Å². The highest BCUT2D eigenvalue weighted by molar-refractivity contribution is 9.10. The van der Waals surface area contributed by atoms with Crippen molar-refractivity contribution < 1.29 is 9.59 Å². The molecule has 1 aromatic rings. The number of benzene rings is 1. The van der Waals surface area contributed by atoms with Gasteiger partial charge in [0.15, 0.2) is 0 Å². The van der Waals surface area contributed by atoms with E-state index in [0.717, 1.165) is 12.8 Å². The van der Waals surface area contributed by atoms with Gasteiger partial charge in [-0.1, -0.05) is 11.6 Å². The van der Waals surface area contributed by atoms with E-state index >= 15 is 0 Å². The molecule has 0 bridgehead atoms. The highest BCUT2D eigenvalue weighted by Gasteiger charge is 2.28. The van der Waals surface area contributed by atoms with Crippen LogP contribution in [0.25, 0.3) is 0 Å². The van der Waals surface area contributed by atoms with Gasteiger partial charge >= 0.3 is 0 Å². The zero-order chi connectivity index (χ0) is 15.6. The fourth-order valence-electron chi connectivity index (χ4n) is 2.51. The normalized spacial score (nSPS) is 15.9. The van der Waals surface area contributed by atoms with Gasteiger partial charge in [0.2, 0.25) is 5.91 Å². The fraction of sp³-hybridized carbons (Fsp3) is 0.467. The van der Waals surface area contributed by atoms with Crippen LogP contribution in [0.15, 0.2) is 22.7 Å². The lowest BCUT2D eigenvalue weighted by molar-refractivity contribution is -0.134. The van der Waals surface area contributed by atoms with Crippen molar-refractivity contribution >= 4 is 39.3 Å². The van der Waals surface area contributed by atoms with Crippen LogP contribution in [0.1, 0.15) is 23.2 Å². The molecule has 1 saturated heterocycles. The Kier molecular flexibility index (Phi) is 5.27. The van der Waals surface area contributed by atoms with Crippen LogP contribution in [-0.4, -0.2) is 48.8 Å². The van der Waals surface area contributed by atoms with E-state index < -0.39 is 0 Å². The zero-order valence-electron chi connectivity index (χ0n) is 12.1. The van der Waals surface area contributed by atoms with Crippen molar-refractivity contribution in [2.75, 3.05) is 27.2 Å². The van der Waals surface area contributed by atoms with Crippen molar-refractivity contribution in [3.8, 4) is 0 Å². The van der Waals surface area contributed by atoms with Crippen LogP contribution < -0.4 is 0 Å². The lowest BCUT2D eigenvalue weighted by Gasteiger charge is -2.32. The molecule has 0 aliphatic carbocycles. The number of piperidine rings is 1. The highest BCUT2D eigenvalue weighted by atomic mass is 79.9. The van der Waals surface area contributed by atoms with Crippen molar-refractivity contribution in [3.63, 3.8) is 0 Å². The van der Waals surface area contributed by atoms with Gasteiger partial charge in [0.05, 0.1) is 5.02 Å². The predicted octanol–water partition coefficient (Wildman–Crippen LogP) is 3.04. The average molecular weight is 374 g/mol. The molecule has 0 aromatic heterocycles. The smallest absolute Gasteiger partial charge is 0.253 e. The lowest BCUT2D eigenvalue weighted by Crippen LogP contribution is -2.42. The summed E-state index contributed by atoms with van der Waals surface area (Å²) in [7, 11) is 3.54. The van der Waals surface area contributed by atoms with Crippen molar-refractivity contribution in [1.29, 1.82) is 0 Å². The van der Waals surface area contributed by atoms with E-state index in [0.29, 0.717) is 28.1 Å². The molecule has 1 fully saturated rings. The summed E-state index contributed by atoms with van der Waals surface area (Å²) in [5, 5.41) is 0.585. The number of nitrogens with zero attached hydrogens (tertiary/aromatic N) is 2. The van der Waals surface area contributed by atoms with Crippen molar-refractivity contribution in [2.24, 2.45) is 5.92 Å². The van der Waals surface area contributed by atoms with Gasteiger partial charge in [0, 0.05) is 43.1 Å². The Balaban J connectivity index is 2.00. The van der Waals surface area contributed by atoms with Gasteiger partial charge in [-0.05, 0) is 47.0 Å². The maximum Gasteiger partial charge on any atom is 0.253 e. The SMILES string of the molecule is CN(C)C(=O)C1CCN(C(=O)c2ccc(Cl)c(Br)c2)CC1. The van der Waals surface area contributed by atoms with E-state index in [9.17, 15) is 9.59 Å². The van der Waals surface area contributed by atoms with Gasteiger partial charge in [0.25, 0.3) is 5.91 Å². The molecule has 2 amide bonds. The second-order valence-corrected chi connectivity index (χ2v) is 6.69. The highest BCUT2D eigenvalue weighted by Crippen LogP contribution is 2.25. The largest absolute Gasteiger partial charge is 0.349 e. The standard InChI is InChI=1S/C15H18BrClN2O2/c1-18(2)14(20)10-5-7-19(8-6-10)15(21)11-3-4-13(17)12(16)9-11/h3-4,9-10H,5-8H2,1-2H3. The molecule has 0 saturated carbocycles. The number of halogens is 2. The number of amides is 2. The van der Waals surface area contributed by atoms with E-state index in [1.165, 1.54) is 0 Å². The van der Waals surface area contributed by atoms with Gasteiger partial charge in [-0.3, -0.25) is 9.59 Å². The summed E-state index contributed by atoms with van der Waals surface area (Å²) in [5.41, 5.74) is 0.615. The van der Waals surface area contributed by atoms with E-state index in [1.54, 1.807) is 42.1 Å². The average Bonchev–Trinajstić information content (AvgIpc) is 2.48. The first-order chi connectivity index (χ1) is 9.90. The molecule has 1 aromatic carbocycles. The Bertz CT molecular complexity index is 555. The Morgan fingerprint density at radius 1 is 1.29 bits per heavy atom. The number of likely N-dealkylation sites (tertiary alicyclic amines) is 1. The Morgan fingerprint density at radius 3 is 2.43 bits per heavy atom. The van der Waals surface area contributed by atoms with Crippen LogP contribution in [0.5, 0.6) is 0 Å². The molecule has 1 heterocycles. The van der Waals surface area contributed by atoms with Crippen LogP contribution in [0.3, 0.4) is 0 Å². The summed E-state index contributed by atoms with van der Waals surface area (Å²) < 4.78 is 0.715. The molecule has 0 spiro atoms. The second kappa shape index (κ2) is 6.79. The fourth-order valence-corrected chi connectivity index (χ4v) is 3.00.